The van der Waals surface area contributed by atoms with Gasteiger partial charge in [-0.15, -0.1) is 0 Å². The first-order valence-electron chi connectivity index (χ1n) is 1.47. The lowest BCUT2D eigenvalue weighted by molar-refractivity contribution is 2.43. The predicted molar refractivity (Wildman–Crippen MR) is 27.8 cm³/mol. The van der Waals surface area contributed by atoms with Gasteiger partial charge in [0.15, 0.2) is 6.62 Å². The van der Waals surface area contributed by atoms with Crippen LogP contribution in [0, 0.1) is 0 Å². The van der Waals surface area contributed by atoms with E-state index < -0.39 is 6.62 Å². The van der Waals surface area contributed by atoms with E-state index in [-0.39, 0.29) is 0 Å². The topological polar surface area (TPSA) is 0 Å². The molecule has 28 valence electrons. The zero-order valence-electron chi connectivity index (χ0n) is 2.98. The molecule has 0 nitrogen and oxygen atoms in total. The van der Waals surface area contributed by atoms with Gasteiger partial charge in [-0.2, -0.15) is 0 Å². The van der Waals surface area contributed by atoms with Crippen LogP contribution >= 0.6 is 17.9 Å². The number of hydrogen-bond donors (Lipinski definition) is 0. The summed E-state index contributed by atoms with van der Waals surface area (Å²) in [5, 5.41) is 0. The maximum absolute atomic E-state index is 5.64. The van der Waals surface area contributed by atoms with Crippen molar-refractivity contribution < 1.29 is 0 Å². The van der Waals surface area contributed by atoms with Gasteiger partial charge < -0.3 is 0 Å². The summed E-state index contributed by atoms with van der Waals surface area (Å²) >= 11 is 5.64. The summed E-state index contributed by atoms with van der Waals surface area (Å²) in [6.45, 7) is 1.15. The van der Waals surface area contributed by atoms with E-state index in [4.69, 9.17) is 11.2 Å². The molecule has 0 saturated carbocycles. The van der Waals surface area contributed by atoms with Crippen molar-refractivity contribution in [3.63, 3.8) is 0 Å². The molecule has 0 aliphatic carbocycles. The van der Waals surface area contributed by atoms with Gasteiger partial charge in [-0.1, -0.05) is 0 Å². The van der Waals surface area contributed by atoms with Crippen LogP contribution in [0.5, 0.6) is 0 Å². The van der Waals surface area contributed by atoms with Crippen molar-refractivity contribution in [2.75, 3.05) is 6.66 Å². The Balaban J connectivity index is 2.47. The molecule has 0 unspecified atom stereocenters. The minimum absolute atomic E-state index is 0.917. The summed E-state index contributed by atoms with van der Waals surface area (Å²) in [5.41, 5.74) is 0. The van der Waals surface area contributed by atoms with Crippen LogP contribution in [0.25, 0.3) is 0 Å². The highest BCUT2D eigenvalue weighted by molar-refractivity contribution is 8.08. The van der Waals surface area contributed by atoms with Gasteiger partial charge in [-0.25, -0.2) is 0 Å². The van der Waals surface area contributed by atoms with Gasteiger partial charge in [0.05, 0.1) is 17.9 Å². The highest BCUT2D eigenvalue weighted by atomic mass is 35.7. The van der Waals surface area contributed by atoms with Gasteiger partial charge in [0.25, 0.3) is 0 Å². The molecule has 1 aliphatic rings. The maximum atomic E-state index is 5.64. The summed E-state index contributed by atoms with van der Waals surface area (Å²) < 4.78 is 0. The van der Waals surface area contributed by atoms with Gasteiger partial charge in [0, 0.05) is 0 Å². The van der Waals surface area contributed by atoms with Gasteiger partial charge in [0.1, 0.15) is 11.6 Å². The SMILES string of the molecule is C[P+]1(Cl)C=C1. The average Bonchev–Trinajstić information content (AvgIpc) is 1.76. The standard InChI is InChI=1S/C3H5ClP/c1-5(4)2-3-5/h2-3H,1H3/q+1. The first-order chi connectivity index (χ1) is 2.21. The summed E-state index contributed by atoms with van der Waals surface area (Å²) in [6, 6.07) is 0. The Bertz CT molecular complexity index is 67.0. The van der Waals surface area contributed by atoms with Crippen LogP contribution in [0.2, 0.25) is 0 Å². The number of rotatable bonds is 0. The van der Waals surface area contributed by atoms with Crippen molar-refractivity contribution >= 4 is 17.9 Å². The molecule has 0 fully saturated rings. The summed E-state index contributed by atoms with van der Waals surface area (Å²) in [4.78, 5) is 0. The second kappa shape index (κ2) is 0.746. The average molecular weight is 107 g/mol. The minimum Gasteiger partial charge on any atom is 0.0735 e. The van der Waals surface area contributed by atoms with E-state index in [1.807, 2.05) is 0 Å². The molecule has 0 amide bonds. The molecule has 0 N–H and O–H groups in total. The van der Waals surface area contributed by atoms with Crippen LogP contribution in [-0.2, 0) is 0 Å². The number of halogens is 1. The quantitative estimate of drug-likeness (QED) is 0.417. The van der Waals surface area contributed by atoms with E-state index in [9.17, 15) is 0 Å². The van der Waals surface area contributed by atoms with Crippen LogP contribution in [0.15, 0.2) is 11.6 Å². The molecule has 5 heavy (non-hydrogen) atoms. The summed E-state index contributed by atoms with van der Waals surface area (Å²) in [6.07, 6.45) is 0. The fourth-order valence-corrected chi connectivity index (χ4v) is 1.28. The lowest BCUT2D eigenvalue weighted by Gasteiger charge is -1.72. The Morgan fingerprint density at radius 3 is 1.80 bits per heavy atom. The van der Waals surface area contributed by atoms with E-state index in [1.54, 1.807) is 0 Å². The molecule has 0 atom stereocenters. The van der Waals surface area contributed by atoms with Crippen molar-refractivity contribution in [2.45, 2.75) is 0 Å². The van der Waals surface area contributed by atoms with Crippen LogP contribution < -0.4 is 0 Å². The Morgan fingerprint density at radius 1 is 1.60 bits per heavy atom. The molecule has 0 saturated heterocycles. The lowest BCUT2D eigenvalue weighted by Crippen LogP contribution is -1.37. The molecule has 0 radical (unpaired) electrons. The highest BCUT2D eigenvalue weighted by Gasteiger charge is 2.36. The van der Waals surface area contributed by atoms with Crippen molar-refractivity contribution in [1.29, 1.82) is 0 Å². The molecular formula is C3H5ClP+. The third-order valence-corrected chi connectivity index (χ3v) is 2.36. The third-order valence-electron chi connectivity index (χ3n) is 0.560. The normalized spacial score (nSPS) is 26.8. The molecular weight excluding hydrogens is 102 g/mol. The van der Waals surface area contributed by atoms with Gasteiger partial charge in [-0.3, -0.25) is 0 Å². The largest absolute Gasteiger partial charge is 0.167 e. The van der Waals surface area contributed by atoms with Crippen LogP contribution in [-0.4, -0.2) is 6.66 Å². The van der Waals surface area contributed by atoms with Crippen molar-refractivity contribution in [3.8, 4) is 0 Å². The Hall–Kier alpha value is 0.460. The van der Waals surface area contributed by atoms with Crippen molar-refractivity contribution in [1.82, 2.24) is 0 Å². The Labute approximate surface area is 37.0 Å². The summed E-state index contributed by atoms with van der Waals surface area (Å²) in [7, 11) is 0. The van der Waals surface area contributed by atoms with Gasteiger partial charge in [0.2, 0.25) is 0 Å². The molecule has 2 heteroatoms. The van der Waals surface area contributed by atoms with Crippen LogP contribution in [0.4, 0.5) is 0 Å². The molecule has 0 aromatic heterocycles. The molecule has 0 spiro atoms. The van der Waals surface area contributed by atoms with Crippen LogP contribution in [0.3, 0.4) is 0 Å². The predicted octanol–water partition coefficient (Wildman–Crippen LogP) is 2.27. The fraction of sp³-hybridized carbons (Fsp3) is 0.333. The molecule has 1 aliphatic heterocycles. The molecule has 0 aromatic carbocycles. The first kappa shape index (κ1) is 3.64. The highest BCUT2D eigenvalue weighted by Crippen LogP contribution is 2.75. The Morgan fingerprint density at radius 2 is 1.80 bits per heavy atom. The van der Waals surface area contributed by atoms with Crippen molar-refractivity contribution in [3.05, 3.63) is 11.6 Å². The molecule has 1 rings (SSSR count). The zero-order chi connectivity index (χ0) is 3.91. The third kappa shape index (κ3) is 0.905. The zero-order valence-corrected chi connectivity index (χ0v) is 4.63. The van der Waals surface area contributed by atoms with E-state index in [2.05, 4.69) is 18.3 Å². The lowest BCUT2D eigenvalue weighted by atomic mass is 11.3. The second-order valence-corrected chi connectivity index (χ2v) is 6.17. The van der Waals surface area contributed by atoms with Gasteiger partial charge in [-0.05, 0) is 0 Å². The smallest absolute Gasteiger partial charge is 0.0735 e. The monoisotopic (exact) mass is 107 g/mol. The van der Waals surface area contributed by atoms with Crippen molar-refractivity contribution in [2.24, 2.45) is 0 Å². The molecule has 1 heterocycles. The number of hydrogen-bond acceptors (Lipinski definition) is 0. The van der Waals surface area contributed by atoms with E-state index in [0.29, 0.717) is 0 Å². The second-order valence-electron chi connectivity index (χ2n) is 1.33. The summed E-state index contributed by atoms with van der Waals surface area (Å²) in [5.74, 6) is 4.13. The van der Waals surface area contributed by atoms with E-state index in [1.165, 1.54) is 0 Å². The fourth-order valence-electron chi connectivity index (χ4n) is 0.0919. The Kier molecular flexibility index (Phi) is 0.544. The van der Waals surface area contributed by atoms with E-state index >= 15 is 0 Å². The first-order valence-corrected chi connectivity index (χ1v) is 4.75. The van der Waals surface area contributed by atoms with Gasteiger partial charge >= 0.3 is 0 Å². The minimum atomic E-state index is -0.917. The molecule has 0 bridgehead atoms. The van der Waals surface area contributed by atoms with Crippen LogP contribution in [0.1, 0.15) is 0 Å². The maximum Gasteiger partial charge on any atom is 0.167 e. The van der Waals surface area contributed by atoms with E-state index in [0.717, 1.165) is 0 Å². The molecule has 0 aromatic rings.